The number of aromatic nitrogens is 2. The van der Waals surface area contributed by atoms with Crippen molar-refractivity contribution < 1.29 is 9.47 Å². The molecule has 0 radical (unpaired) electrons. The lowest BCUT2D eigenvalue weighted by molar-refractivity contribution is 0.285. The number of fused-ring (bicyclic) bond motifs is 1. The summed E-state index contributed by atoms with van der Waals surface area (Å²) in [5.41, 5.74) is 5.16. The molecule has 2 saturated heterocycles. The summed E-state index contributed by atoms with van der Waals surface area (Å²) >= 11 is 0. The van der Waals surface area contributed by atoms with E-state index in [0.717, 1.165) is 49.1 Å². The fourth-order valence-electron chi connectivity index (χ4n) is 5.28. The Hall–Kier alpha value is -4.33. The molecule has 200 valence electrons. The van der Waals surface area contributed by atoms with Crippen LogP contribution in [0.2, 0.25) is 0 Å². The zero-order valence-corrected chi connectivity index (χ0v) is 22.3. The average molecular weight is 523 g/mol. The highest BCUT2D eigenvalue weighted by atomic mass is 16.5. The Balaban J connectivity index is 1.15. The van der Waals surface area contributed by atoms with Crippen molar-refractivity contribution in [1.29, 1.82) is 0 Å². The summed E-state index contributed by atoms with van der Waals surface area (Å²) in [6, 6.07) is 22.4. The second-order valence-corrected chi connectivity index (χ2v) is 10.0. The van der Waals surface area contributed by atoms with Crippen molar-refractivity contribution in [1.82, 2.24) is 9.97 Å². The topological polar surface area (TPSA) is 75.1 Å². The summed E-state index contributed by atoms with van der Waals surface area (Å²) in [5.74, 6) is 3.80. The minimum absolute atomic E-state index is 0.457. The number of benzene rings is 3. The fraction of sp³-hybridized carbons (Fsp3) is 0.323. The number of hydrogen-bond donors (Lipinski definition) is 1. The molecule has 0 spiro atoms. The molecule has 0 bridgehead atoms. The zero-order chi connectivity index (χ0) is 26.4. The van der Waals surface area contributed by atoms with Gasteiger partial charge in [-0.2, -0.15) is 15.1 Å². The molecule has 0 aliphatic carbocycles. The first-order valence-electron chi connectivity index (χ1n) is 13.7. The number of methoxy groups -OCH3 is 1. The van der Waals surface area contributed by atoms with Gasteiger partial charge in [-0.25, -0.2) is 0 Å². The SMILES string of the molecule is COc1cc(/C=N/Nc2cc(N3CCCC3)nc(N3CCCC3)n2)ccc1OCc1cccc2ccccc12. The molecule has 0 unspecified atom stereocenters. The molecule has 39 heavy (non-hydrogen) atoms. The van der Waals surface area contributed by atoms with Crippen LogP contribution in [0.1, 0.15) is 36.8 Å². The highest BCUT2D eigenvalue weighted by Crippen LogP contribution is 2.30. The van der Waals surface area contributed by atoms with Gasteiger partial charge in [0.2, 0.25) is 5.95 Å². The molecule has 2 aliphatic rings. The van der Waals surface area contributed by atoms with Crippen LogP contribution in [0.3, 0.4) is 0 Å². The summed E-state index contributed by atoms with van der Waals surface area (Å²) in [7, 11) is 1.65. The van der Waals surface area contributed by atoms with Crippen LogP contribution in [-0.4, -0.2) is 49.5 Å². The molecule has 2 aliphatic heterocycles. The van der Waals surface area contributed by atoms with Gasteiger partial charge >= 0.3 is 0 Å². The maximum absolute atomic E-state index is 6.16. The maximum Gasteiger partial charge on any atom is 0.229 e. The van der Waals surface area contributed by atoms with Crippen LogP contribution in [0.25, 0.3) is 10.8 Å². The first kappa shape index (κ1) is 25.0. The van der Waals surface area contributed by atoms with Crippen molar-refractivity contribution >= 4 is 34.6 Å². The lowest BCUT2D eigenvalue weighted by Crippen LogP contribution is -2.24. The fourth-order valence-corrected chi connectivity index (χ4v) is 5.28. The lowest BCUT2D eigenvalue weighted by Gasteiger charge is -2.21. The Morgan fingerprint density at radius 1 is 0.846 bits per heavy atom. The lowest BCUT2D eigenvalue weighted by atomic mass is 10.1. The molecule has 2 fully saturated rings. The second-order valence-electron chi connectivity index (χ2n) is 10.0. The summed E-state index contributed by atoms with van der Waals surface area (Å²) in [6.45, 7) is 4.53. The van der Waals surface area contributed by atoms with Crippen LogP contribution in [0, 0.1) is 0 Å². The van der Waals surface area contributed by atoms with Gasteiger partial charge < -0.3 is 19.3 Å². The van der Waals surface area contributed by atoms with E-state index < -0.39 is 0 Å². The van der Waals surface area contributed by atoms with Gasteiger partial charge in [0.1, 0.15) is 12.4 Å². The first-order valence-corrected chi connectivity index (χ1v) is 13.7. The largest absolute Gasteiger partial charge is 0.493 e. The standard InChI is InChI=1S/C31H34N6O2/c1-38-28-19-23(13-14-27(28)39-22-25-11-8-10-24-9-2-3-12-26(24)25)21-32-35-29-20-30(36-15-4-5-16-36)34-31(33-29)37-17-6-7-18-37/h2-3,8-14,19-21H,4-7,15-18,22H2,1H3,(H,33,34,35)/b32-21+. The molecular weight excluding hydrogens is 488 g/mol. The van der Waals surface area contributed by atoms with Crippen LogP contribution < -0.4 is 24.7 Å². The van der Waals surface area contributed by atoms with Crippen molar-refractivity contribution in [3.05, 3.63) is 77.9 Å². The van der Waals surface area contributed by atoms with Crippen molar-refractivity contribution in [3.63, 3.8) is 0 Å². The van der Waals surface area contributed by atoms with Gasteiger partial charge in [-0.3, -0.25) is 5.43 Å². The molecule has 0 amide bonds. The van der Waals surface area contributed by atoms with E-state index in [0.29, 0.717) is 23.9 Å². The van der Waals surface area contributed by atoms with Gasteiger partial charge in [0, 0.05) is 32.2 Å². The van der Waals surface area contributed by atoms with Crippen LogP contribution in [0.4, 0.5) is 17.6 Å². The van der Waals surface area contributed by atoms with E-state index in [9.17, 15) is 0 Å². The Bertz CT molecular complexity index is 1420. The molecule has 0 atom stereocenters. The number of ether oxygens (including phenoxy) is 2. The van der Waals surface area contributed by atoms with Gasteiger partial charge in [0.15, 0.2) is 17.3 Å². The molecule has 3 heterocycles. The minimum Gasteiger partial charge on any atom is -0.493 e. The van der Waals surface area contributed by atoms with Gasteiger partial charge in [0.05, 0.1) is 13.3 Å². The molecule has 1 aromatic heterocycles. The summed E-state index contributed by atoms with van der Waals surface area (Å²) < 4.78 is 11.8. The number of hydrazone groups is 1. The number of rotatable bonds is 9. The molecule has 0 saturated carbocycles. The minimum atomic E-state index is 0.457. The average Bonchev–Trinajstić information content (AvgIpc) is 3.72. The molecule has 8 heteroatoms. The van der Waals surface area contributed by atoms with Crippen LogP contribution in [0.5, 0.6) is 11.5 Å². The highest BCUT2D eigenvalue weighted by Gasteiger charge is 2.20. The third-order valence-electron chi connectivity index (χ3n) is 7.36. The quantitative estimate of drug-likeness (QED) is 0.218. The Labute approximate surface area is 229 Å². The molecule has 8 nitrogen and oxygen atoms in total. The zero-order valence-electron chi connectivity index (χ0n) is 22.3. The molecule has 4 aromatic rings. The number of anilines is 3. The normalized spacial score (nSPS) is 15.4. The molecular formula is C31H34N6O2. The molecule has 6 rings (SSSR count). The van der Waals surface area contributed by atoms with Crippen molar-refractivity contribution in [2.75, 3.05) is 48.5 Å². The summed E-state index contributed by atoms with van der Waals surface area (Å²) in [5, 5.41) is 6.88. The van der Waals surface area contributed by atoms with Crippen LogP contribution in [0.15, 0.2) is 71.8 Å². The van der Waals surface area contributed by atoms with Crippen molar-refractivity contribution in [3.8, 4) is 11.5 Å². The molecule has 3 aromatic carbocycles. The number of nitrogens with zero attached hydrogens (tertiary/aromatic N) is 5. The monoisotopic (exact) mass is 522 g/mol. The van der Waals surface area contributed by atoms with E-state index in [2.05, 4.69) is 62.8 Å². The van der Waals surface area contributed by atoms with E-state index in [4.69, 9.17) is 19.4 Å². The van der Waals surface area contributed by atoms with Crippen molar-refractivity contribution in [2.45, 2.75) is 32.3 Å². The van der Waals surface area contributed by atoms with Crippen LogP contribution in [-0.2, 0) is 6.61 Å². The Morgan fingerprint density at radius 2 is 1.62 bits per heavy atom. The predicted octanol–water partition coefficient (Wildman–Crippen LogP) is 5.86. The smallest absolute Gasteiger partial charge is 0.229 e. The van der Waals surface area contributed by atoms with Gasteiger partial charge in [-0.05, 0) is 65.8 Å². The predicted molar refractivity (Wildman–Crippen MR) is 157 cm³/mol. The van der Waals surface area contributed by atoms with Gasteiger partial charge in [0.25, 0.3) is 0 Å². The van der Waals surface area contributed by atoms with E-state index in [1.807, 2.05) is 24.3 Å². The van der Waals surface area contributed by atoms with E-state index in [-0.39, 0.29) is 0 Å². The highest BCUT2D eigenvalue weighted by molar-refractivity contribution is 5.85. The molecule has 1 N–H and O–H groups in total. The Kier molecular flexibility index (Phi) is 7.43. The number of hydrogen-bond acceptors (Lipinski definition) is 8. The van der Waals surface area contributed by atoms with Crippen molar-refractivity contribution in [2.24, 2.45) is 5.10 Å². The third kappa shape index (κ3) is 5.74. The summed E-state index contributed by atoms with van der Waals surface area (Å²) in [4.78, 5) is 14.2. The summed E-state index contributed by atoms with van der Waals surface area (Å²) in [6.07, 6.45) is 6.54. The van der Waals surface area contributed by atoms with E-state index >= 15 is 0 Å². The van der Waals surface area contributed by atoms with E-state index in [1.165, 1.54) is 36.5 Å². The van der Waals surface area contributed by atoms with E-state index in [1.54, 1.807) is 13.3 Å². The van der Waals surface area contributed by atoms with Crippen LogP contribution >= 0.6 is 0 Å². The van der Waals surface area contributed by atoms with Gasteiger partial charge in [-0.15, -0.1) is 0 Å². The third-order valence-corrected chi connectivity index (χ3v) is 7.36. The Morgan fingerprint density at radius 3 is 2.44 bits per heavy atom. The number of nitrogens with one attached hydrogen (secondary N) is 1. The van der Waals surface area contributed by atoms with Gasteiger partial charge in [-0.1, -0.05) is 42.5 Å². The first-order chi connectivity index (χ1) is 19.3. The second kappa shape index (κ2) is 11.6. The maximum atomic E-state index is 6.16.